The quantitative estimate of drug-likeness (QED) is 0.777. The highest BCUT2D eigenvalue weighted by Crippen LogP contribution is 2.22. The van der Waals surface area contributed by atoms with Crippen molar-refractivity contribution < 1.29 is 22.5 Å². The van der Waals surface area contributed by atoms with Crippen molar-refractivity contribution in [2.24, 2.45) is 0 Å². The molecule has 3 aromatic rings. The maximum atomic E-state index is 12.8. The van der Waals surface area contributed by atoms with Crippen molar-refractivity contribution in [3.63, 3.8) is 0 Å². The van der Waals surface area contributed by atoms with Crippen molar-refractivity contribution in [2.45, 2.75) is 13.3 Å². The topological polar surface area (TPSA) is 93.8 Å². The zero-order valence-electron chi connectivity index (χ0n) is 12.7. The summed E-state index contributed by atoms with van der Waals surface area (Å²) in [7, 11) is 0. The lowest BCUT2D eigenvalue weighted by atomic mass is 10.1. The molecular weight excluding hydrogens is 339 g/mol. The van der Waals surface area contributed by atoms with Crippen molar-refractivity contribution >= 4 is 11.7 Å². The number of aryl methyl sites for hydroxylation is 1. The third-order valence-corrected chi connectivity index (χ3v) is 3.04. The van der Waals surface area contributed by atoms with Gasteiger partial charge in [-0.25, -0.2) is 14.4 Å². The molecule has 128 valence electrons. The zero-order valence-corrected chi connectivity index (χ0v) is 12.7. The number of alkyl halides is 2. The van der Waals surface area contributed by atoms with E-state index in [9.17, 15) is 18.0 Å². The number of amides is 1. The number of aromatic nitrogens is 4. The Morgan fingerprint density at radius 3 is 2.68 bits per heavy atom. The van der Waals surface area contributed by atoms with Gasteiger partial charge in [-0.2, -0.15) is 13.8 Å². The van der Waals surface area contributed by atoms with E-state index < -0.39 is 24.0 Å². The molecule has 0 saturated carbocycles. The van der Waals surface area contributed by atoms with Gasteiger partial charge in [-0.1, -0.05) is 5.16 Å². The van der Waals surface area contributed by atoms with Crippen LogP contribution in [0.5, 0.6) is 0 Å². The largest absolute Gasteiger partial charge is 0.333 e. The monoisotopic (exact) mass is 349 g/mol. The first-order valence-electron chi connectivity index (χ1n) is 6.96. The number of anilines is 1. The minimum atomic E-state index is -2.89. The molecule has 0 unspecified atom stereocenters. The van der Waals surface area contributed by atoms with Crippen molar-refractivity contribution in [3.8, 4) is 11.4 Å². The van der Waals surface area contributed by atoms with E-state index in [1.165, 1.54) is 18.2 Å². The van der Waals surface area contributed by atoms with E-state index >= 15 is 0 Å². The standard InChI is InChI=1S/C15H10F3N5O2/c1-7-4-8(13-22-15(12(17)18)25-23-13)5-10(20-7)14(24)21-11-3-2-9(16)6-19-11/h2-6,12H,1H3,(H,19,21,24). The predicted octanol–water partition coefficient (Wildman–Crippen LogP) is 3.16. The molecule has 1 amide bonds. The fraction of sp³-hybridized carbons (Fsp3) is 0.133. The number of pyridine rings is 2. The molecule has 0 bridgehead atoms. The van der Waals surface area contributed by atoms with Crippen LogP contribution < -0.4 is 5.32 Å². The Balaban J connectivity index is 1.87. The van der Waals surface area contributed by atoms with Gasteiger partial charge in [0, 0.05) is 11.3 Å². The molecule has 0 aliphatic carbocycles. The number of carbonyl (C=O) groups excluding carboxylic acids is 1. The first-order chi connectivity index (χ1) is 11.9. The van der Waals surface area contributed by atoms with Crippen LogP contribution >= 0.6 is 0 Å². The Morgan fingerprint density at radius 1 is 1.24 bits per heavy atom. The van der Waals surface area contributed by atoms with Crippen LogP contribution in [0.3, 0.4) is 0 Å². The Hall–Kier alpha value is -3.30. The lowest BCUT2D eigenvalue weighted by Crippen LogP contribution is -2.15. The van der Waals surface area contributed by atoms with E-state index in [4.69, 9.17) is 0 Å². The van der Waals surface area contributed by atoms with E-state index in [1.54, 1.807) is 6.92 Å². The van der Waals surface area contributed by atoms with Crippen LogP contribution in [0.25, 0.3) is 11.4 Å². The second-order valence-electron chi connectivity index (χ2n) is 4.96. The number of hydrogen-bond acceptors (Lipinski definition) is 6. The lowest BCUT2D eigenvalue weighted by Gasteiger charge is -2.06. The molecule has 3 aromatic heterocycles. The fourth-order valence-corrected chi connectivity index (χ4v) is 1.99. The minimum absolute atomic E-state index is 0.00970. The van der Waals surface area contributed by atoms with Gasteiger partial charge in [0.05, 0.1) is 6.20 Å². The summed E-state index contributed by atoms with van der Waals surface area (Å²) in [6.07, 6.45) is -1.94. The van der Waals surface area contributed by atoms with Crippen LogP contribution in [0.1, 0.15) is 28.5 Å². The summed E-state index contributed by atoms with van der Waals surface area (Å²) in [6, 6.07) is 5.28. The molecule has 10 heteroatoms. The Morgan fingerprint density at radius 2 is 2.04 bits per heavy atom. The zero-order chi connectivity index (χ0) is 18.0. The van der Waals surface area contributed by atoms with Crippen LogP contribution in [0.4, 0.5) is 19.0 Å². The summed E-state index contributed by atoms with van der Waals surface area (Å²) in [5, 5.41) is 5.91. The van der Waals surface area contributed by atoms with Crippen LogP contribution in [-0.4, -0.2) is 26.0 Å². The predicted molar refractivity (Wildman–Crippen MR) is 79.4 cm³/mol. The van der Waals surface area contributed by atoms with Crippen molar-refractivity contribution in [3.05, 3.63) is 53.6 Å². The molecule has 1 N–H and O–H groups in total. The number of nitrogens with zero attached hydrogens (tertiary/aromatic N) is 4. The summed E-state index contributed by atoms with van der Waals surface area (Å²) >= 11 is 0. The molecule has 0 spiro atoms. The van der Waals surface area contributed by atoms with Gasteiger partial charge in [0.2, 0.25) is 5.82 Å². The minimum Gasteiger partial charge on any atom is -0.333 e. The molecule has 3 rings (SSSR count). The SMILES string of the molecule is Cc1cc(-c2noc(C(F)F)n2)cc(C(=O)Nc2ccc(F)cn2)n1. The third-order valence-electron chi connectivity index (χ3n) is 3.04. The summed E-state index contributed by atoms with van der Waals surface area (Å²) in [5.74, 6) is -1.92. The van der Waals surface area contributed by atoms with Crippen LogP contribution in [0, 0.1) is 12.7 Å². The first kappa shape index (κ1) is 16.6. The van der Waals surface area contributed by atoms with Gasteiger partial charge in [0.1, 0.15) is 17.3 Å². The highest BCUT2D eigenvalue weighted by atomic mass is 19.3. The lowest BCUT2D eigenvalue weighted by molar-refractivity contribution is 0.102. The number of carbonyl (C=O) groups is 1. The maximum absolute atomic E-state index is 12.8. The van der Waals surface area contributed by atoms with Gasteiger partial charge in [-0.15, -0.1) is 0 Å². The molecule has 3 heterocycles. The molecule has 0 fully saturated rings. The fourth-order valence-electron chi connectivity index (χ4n) is 1.99. The molecular formula is C15H10F3N5O2. The van der Waals surface area contributed by atoms with Crippen molar-refractivity contribution in [1.29, 1.82) is 0 Å². The number of nitrogens with one attached hydrogen (secondary N) is 1. The maximum Gasteiger partial charge on any atom is 0.315 e. The molecule has 0 aliphatic rings. The van der Waals surface area contributed by atoms with E-state index in [2.05, 4.69) is 29.9 Å². The number of rotatable bonds is 4. The average molecular weight is 349 g/mol. The second kappa shape index (κ2) is 6.67. The molecule has 0 atom stereocenters. The first-order valence-corrected chi connectivity index (χ1v) is 6.96. The Labute approximate surface area is 138 Å². The van der Waals surface area contributed by atoms with Crippen LogP contribution in [-0.2, 0) is 0 Å². The smallest absolute Gasteiger partial charge is 0.315 e. The van der Waals surface area contributed by atoms with E-state index in [1.807, 2.05) is 0 Å². The summed E-state index contributed by atoms with van der Waals surface area (Å²) in [6.45, 7) is 1.62. The molecule has 0 radical (unpaired) electrons. The average Bonchev–Trinajstić information content (AvgIpc) is 3.07. The summed E-state index contributed by atoms with van der Waals surface area (Å²) in [5.41, 5.74) is 0.725. The Bertz CT molecular complexity index is 912. The van der Waals surface area contributed by atoms with Gasteiger partial charge in [-0.05, 0) is 31.2 Å². The third kappa shape index (κ3) is 3.79. The number of hydrogen-bond donors (Lipinski definition) is 1. The molecule has 0 aliphatic heterocycles. The van der Waals surface area contributed by atoms with Gasteiger partial charge in [0.25, 0.3) is 11.8 Å². The normalized spacial score (nSPS) is 10.9. The highest BCUT2D eigenvalue weighted by molar-refractivity contribution is 6.02. The van der Waals surface area contributed by atoms with Crippen LogP contribution in [0.15, 0.2) is 35.0 Å². The molecule has 0 aromatic carbocycles. The van der Waals surface area contributed by atoms with E-state index in [0.717, 1.165) is 12.3 Å². The molecule has 25 heavy (non-hydrogen) atoms. The van der Waals surface area contributed by atoms with Crippen LogP contribution in [0.2, 0.25) is 0 Å². The van der Waals surface area contributed by atoms with Gasteiger partial charge in [-0.3, -0.25) is 4.79 Å². The van der Waals surface area contributed by atoms with Gasteiger partial charge >= 0.3 is 6.43 Å². The second-order valence-corrected chi connectivity index (χ2v) is 4.96. The van der Waals surface area contributed by atoms with E-state index in [0.29, 0.717) is 11.3 Å². The van der Waals surface area contributed by atoms with Gasteiger partial charge < -0.3 is 9.84 Å². The van der Waals surface area contributed by atoms with Crippen molar-refractivity contribution in [2.75, 3.05) is 5.32 Å². The summed E-state index contributed by atoms with van der Waals surface area (Å²) < 4.78 is 42.4. The van der Waals surface area contributed by atoms with Crippen molar-refractivity contribution in [1.82, 2.24) is 20.1 Å². The number of halogens is 3. The molecule has 7 nitrogen and oxygen atoms in total. The Kier molecular flexibility index (Phi) is 4.42. The van der Waals surface area contributed by atoms with E-state index in [-0.39, 0.29) is 17.3 Å². The highest BCUT2D eigenvalue weighted by Gasteiger charge is 2.19. The molecule has 0 saturated heterocycles. The summed E-state index contributed by atoms with van der Waals surface area (Å²) in [4.78, 5) is 23.6. The van der Waals surface area contributed by atoms with Gasteiger partial charge in [0.15, 0.2) is 0 Å².